The third-order valence-corrected chi connectivity index (χ3v) is 4.60. The van der Waals surface area contributed by atoms with Gasteiger partial charge in [-0.3, -0.25) is 14.8 Å². The SMILES string of the molecule is CC(=O)C(C(=O)OC(F)(C(F)F)C(F)C(F)F)C(C(C(=O)O)=[N+]([O-])O)c1cccc(Br)c1. The number of carbonyl (C=O) groups excluding carboxylic acids is 2. The summed E-state index contributed by atoms with van der Waals surface area (Å²) in [5.74, 6) is -16.1. The van der Waals surface area contributed by atoms with Crippen LogP contribution in [0.4, 0.5) is 26.3 Å². The highest BCUT2D eigenvalue weighted by Gasteiger charge is 2.58. The summed E-state index contributed by atoms with van der Waals surface area (Å²) in [6, 6.07) is 4.68. The van der Waals surface area contributed by atoms with Crippen LogP contribution in [0, 0.1) is 11.1 Å². The van der Waals surface area contributed by atoms with Gasteiger partial charge < -0.3 is 15.1 Å². The van der Waals surface area contributed by atoms with Crippen LogP contribution in [-0.4, -0.2) is 63.5 Å². The van der Waals surface area contributed by atoms with Crippen LogP contribution in [0.5, 0.6) is 0 Å². The summed E-state index contributed by atoms with van der Waals surface area (Å²) in [7, 11) is 0. The largest absolute Gasteiger partial charge is 0.473 e. The predicted octanol–water partition coefficient (Wildman–Crippen LogP) is 3.24. The number of nitrogens with zero attached hydrogens (tertiary/aromatic N) is 1. The minimum Gasteiger partial charge on any atom is -0.473 e. The lowest BCUT2D eigenvalue weighted by Crippen LogP contribution is -2.52. The van der Waals surface area contributed by atoms with E-state index in [9.17, 15) is 56.2 Å². The molecule has 1 rings (SSSR count). The van der Waals surface area contributed by atoms with Crippen LogP contribution in [-0.2, 0) is 19.1 Å². The Kier molecular flexibility index (Phi) is 9.05. The molecule has 1 aromatic rings. The van der Waals surface area contributed by atoms with Crippen LogP contribution in [0.15, 0.2) is 28.7 Å². The Labute approximate surface area is 183 Å². The molecular weight excluding hydrogens is 524 g/mol. The Bertz CT molecular complexity index is 911. The third kappa shape index (κ3) is 5.89. The van der Waals surface area contributed by atoms with Gasteiger partial charge in [-0.2, -0.15) is 4.39 Å². The number of ketones is 1. The van der Waals surface area contributed by atoms with Crippen LogP contribution >= 0.6 is 15.9 Å². The van der Waals surface area contributed by atoms with Gasteiger partial charge in [-0.25, -0.2) is 26.7 Å². The normalized spacial score (nSPS) is 17.2. The zero-order valence-electron chi connectivity index (χ0n) is 15.7. The van der Waals surface area contributed by atoms with E-state index < -0.39 is 65.0 Å². The van der Waals surface area contributed by atoms with Gasteiger partial charge >= 0.3 is 29.9 Å². The summed E-state index contributed by atoms with van der Waals surface area (Å²) in [5.41, 5.74) is -1.97. The van der Waals surface area contributed by atoms with E-state index in [0.717, 1.165) is 12.1 Å². The van der Waals surface area contributed by atoms with Crippen LogP contribution in [0.1, 0.15) is 18.4 Å². The highest BCUT2D eigenvalue weighted by molar-refractivity contribution is 9.10. The first-order chi connectivity index (χ1) is 14.6. The van der Waals surface area contributed by atoms with Gasteiger partial charge in [-0.15, -0.1) is 0 Å². The number of carboxylic acids is 1. The molecule has 1 aromatic carbocycles. The van der Waals surface area contributed by atoms with E-state index in [2.05, 4.69) is 20.7 Å². The lowest BCUT2D eigenvalue weighted by atomic mass is 9.80. The van der Waals surface area contributed by atoms with Gasteiger partial charge in [0.25, 0.3) is 6.43 Å². The topological polar surface area (TPSA) is 127 Å². The van der Waals surface area contributed by atoms with Gasteiger partial charge in [0.15, 0.2) is 0 Å². The predicted molar refractivity (Wildman–Crippen MR) is 95.9 cm³/mol. The van der Waals surface area contributed by atoms with Crippen molar-refractivity contribution in [1.29, 1.82) is 0 Å². The average Bonchev–Trinajstić information content (AvgIpc) is 2.65. The molecule has 0 fully saturated rings. The number of Topliss-reactive ketones (excluding diaryl/α,β-unsaturated/α-hetero) is 1. The second kappa shape index (κ2) is 10.7. The Balaban J connectivity index is 3.69. The van der Waals surface area contributed by atoms with Crippen molar-refractivity contribution in [1.82, 2.24) is 0 Å². The summed E-state index contributed by atoms with van der Waals surface area (Å²) in [6.07, 6.45) is -13.3. The number of carbonyl (C=O) groups is 3. The second-order valence-electron chi connectivity index (χ2n) is 6.24. The van der Waals surface area contributed by atoms with Crippen LogP contribution in [0.3, 0.4) is 0 Å². The van der Waals surface area contributed by atoms with E-state index >= 15 is 0 Å². The number of esters is 1. The van der Waals surface area contributed by atoms with E-state index in [-0.39, 0.29) is 10.0 Å². The van der Waals surface area contributed by atoms with Crippen molar-refractivity contribution in [3.05, 3.63) is 39.5 Å². The quantitative estimate of drug-likeness (QED) is 0.0891. The van der Waals surface area contributed by atoms with E-state index in [1.165, 1.54) is 12.1 Å². The van der Waals surface area contributed by atoms with E-state index in [1.807, 2.05) is 0 Å². The van der Waals surface area contributed by atoms with Gasteiger partial charge in [0.05, 0.1) is 0 Å². The number of alkyl halides is 6. The highest BCUT2D eigenvalue weighted by Crippen LogP contribution is 2.36. The molecule has 178 valence electrons. The molecule has 4 unspecified atom stereocenters. The van der Waals surface area contributed by atoms with Crippen molar-refractivity contribution >= 4 is 39.4 Å². The highest BCUT2D eigenvalue weighted by atomic mass is 79.9. The van der Waals surface area contributed by atoms with Crippen molar-refractivity contribution < 1.29 is 60.7 Å². The van der Waals surface area contributed by atoms with E-state index in [1.54, 1.807) is 0 Å². The Morgan fingerprint density at radius 2 is 1.75 bits per heavy atom. The van der Waals surface area contributed by atoms with Crippen LogP contribution < -0.4 is 0 Å². The van der Waals surface area contributed by atoms with Crippen LogP contribution in [0.25, 0.3) is 0 Å². The molecule has 32 heavy (non-hydrogen) atoms. The summed E-state index contributed by atoms with van der Waals surface area (Å²) >= 11 is 2.98. The molecule has 15 heteroatoms. The molecule has 0 aromatic heterocycles. The fourth-order valence-corrected chi connectivity index (χ4v) is 3.11. The Hall–Kier alpha value is -2.84. The minimum atomic E-state index is -5.21. The lowest BCUT2D eigenvalue weighted by Gasteiger charge is -2.30. The van der Waals surface area contributed by atoms with Gasteiger partial charge in [-0.1, -0.05) is 28.1 Å². The fourth-order valence-electron chi connectivity index (χ4n) is 2.69. The number of ether oxygens (including phenoxy) is 1. The standard InChI is InChI=1S/C17H14BrF6NO7/c1-6(26)9(15(29)32-17(24,16(22)23)12(19)13(20)21)10(11(14(27)28)25(30)31)7-3-2-4-8(18)5-7/h2-5,9-10,12-13,16H,1H3,(H,27,28)(H,30,31). The molecule has 4 atom stereocenters. The van der Waals surface area contributed by atoms with Crippen LogP contribution in [0.2, 0.25) is 0 Å². The Morgan fingerprint density at radius 3 is 2.12 bits per heavy atom. The lowest BCUT2D eigenvalue weighted by molar-refractivity contribution is -0.726. The molecular formula is C17H14BrF6NO7. The van der Waals surface area contributed by atoms with Gasteiger partial charge in [0.1, 0.15) is 17.6 Å². The van der Waals surface area contributed by atoms with Gasteiger partial charge in [0.2, 0.25) is 6.17 Å². The van der Waals surface area contributed by atoms with Crippen molar-refractivity contribution in [3.8, 4) is 0 Å². The number of benzene rings is 1. The molecule has 8 nitrogen and oxygen atoms in total. The molecule has 0 spiro atoms. The number of halogens is 7. The van der Waals surface area contributed by atoms with Gasteiger partial charge in [-0.05, 0) is 24.6 Å². The molecule has 0 heterocycles. The average molecular weight is 538 g/mol. The van der Waals surface area contributed by atoms with Crippen molar-refractivity contribution in [2.75, 3.05) is 0 Å². The molecule has 0 aliphatic heterocycles. The zero-order chi connectivity index (χ0) is 25.0. The first kappa shape index (κ1) is 27.2. The maximum Gasteiger partial charge on any atom is 0.403 e. The van der Waals surface area contributed by atoms with E-state index in [4.69, 9.17) is 0 Å². The molecule has 0 radical (unpaired) electrons. The second-order valence-corrected chi connectivity index (χ2v) is 7.16. The van der Waals surface area contributed by atoms with Crippen molar-refractivity contribution in [2.24, 2.45) is 5.92 Å². The summed E-state index contributed by atoms with van der Waals surface area (Å²) < 4.78 is 82.6. The maximum absolute atomic E-state index is 14.3. The number of aliphatic carboxylic acids is 1. The summed E-state index contributed by atoms with van der Waals surface area (Å²) in [4.78, 5) is 34.8. The number of carboxylic acid groups (broad SMARTS) is 1. The molecule has 0 bridgehead atoms. The van der Waals surface area contributed by atoms with Crippen molar-refractivity contribution in [3.63, 3.8) is 0 Å². The van der Waals surface area contributed by atoms with Crippen molar-refractivity contribution in [2.45, 2.75) is 37.7 Å². The number of rotatable bonds is 10. The summed E-state index contributed by atoms with van der Waals surface area (Å²) in [6.45, 7) is 0.575. The number of hydrogen-bond acceptors (Lipinski definition) is 6. The maximum atomic E-state index is 14.3. The van der Waals surface area contributed by atoms with Gasteiger partial charge in [0, 0.05) is 9.37 Å². The zero-order valence-corrected chi connectivity index (χ0v) is 17.3. The third-order valence-electron chi connectivity index (χ3n) is 4.10. The molecule has 0 saturated heterocycles. The molecule has 0 amide bonds. The Morgan fingerprint density at radius 1 is 1.19 bits per heavy atom. The molecule has 0 saturated carbocycles. The van der Waals surface area contributed by atoms with E-state index in [0.29, 0.717) is 6.92 Å². The number of hydrogen-bond donors (Lipinski definition) is 2. The fraction of sp³-hybridized carbons (Fsp3) is 0.412. The first-order valence-corrected chi connectivity index (χ1v) is 9.08. The smallest absolute Gasteiger partial charge is 0.403 e. The minimum absolute atomic E-state index is 0.185. The summed E-state index contributed by atoms with van der Waals surface area (Å²) in [5, 5.41) is 29.9. The monoisotopic (exact) mass is 537 g/mol. The first-order valence-electron chi connectivity index (χ1n) is 8.29. The molecule has 2 N–H and O–H groups in total. The molecule has 0 aliphatic carbocycles. The molecule has 0 aliphatic rings.